The Morgan fingerprint density at radius 1 is 1.33 bits per heavy atom. The van der Waals surface area contributed by atoms with Crippen LogP contribution in [0, 0.1) is 0 Å². The summed E-state index contributed by atoms with van der Waals surface area (Å²) in [6.07, 6.45) is 1.96. The third-order valence-corrected chi connectivity index (χ3v) is 5.92. The van der Waals surface area contributed by atoms with E-state index in [-0.39, 0.29) is 17.9 Å². The summed E-state index contributed by atoms with van der Waals surface area (Å²) < 4.78 is 32.5. The highest BCUT2D eigenvalue weighted by Gasteiger charge is 2.42. The second-order valence-electron chi connectivity index (χ2n) is 5.99. The van der Waals surface area contributed by atoms with Crippen LogP contribution in [-0.4, -0.2) is 55.3 Å². The van der Waals surface area contributed by atoms with E-state index in [2.05, 4.69) is 12.1 Å². The van der Waals surface area contributed by atoms with Crippen LogP contribution in [0.2, 0.25) is 0 Å². The Labute approximate surface area is 158 Å². The summed E-state index contributed by atoms with van der Waals surface area (Å²) in [7, 11) is -3.97. The lowest BCUT2D eigenvalue weighted by molar-refractivity contribution is -0.132. The van der Waals surface area contributed by atoms with Gasteiger partial charge in [-0.05, 0) is 37.6 Å². The fourth-order valence-corrected chi connectivity index (χ4v) is 4.20. The van der Waals surface area contributed by atoms with Crippen LogP contribution in [0.15, 0.2) is 34.3 Å². The molecular formula is C17H25N3O6S. The van der Waals surface area contributed by atoms with Gasteiger partial charge in [0, 0.05) is 6.42 Å². The molecule has 1 saturated heterocycles. The molecule has 1 fully saturated rings. The summed E-state index contributed by atoms with van der Waals surface area (Å²) in [6.45, 7) is 4.60. The molecule has 1 aliphatic rings. The van der Waals surface area contributed by atoms with Crippen molar-refractivity contribution in [2.75, 3.05) is 19.8 Å². The summed E-state index contributed by atoms with van der Waals surface area (Å²) in [5.74, 6) is -0.244. The number of carbonyl (C=O) groups is 1. The zero-order valence-electron chi connectivity index (χ0n) is 15.4. The Hall–Kier alpha value is -2.17. The van der Waals surface area contributed by atoms with Crippen molar-refractivity contribution in [2.24, 2.45) is 5.16 Å². The van der Waals surface area contributed by atoms with Gasteiger partial charge in [-0.3, -0.25) is 10.0 Å². The van der Waals surface area contributed by atoms with Gasteiger partial charge in [-0.1, -0.05) is 18.5 Å². The lowest BCUT2D eigenvalue weighted by Gasteiger charge is -2.21. The molecule has 0 saturated carbocycles. The number of carbonyl (C=O) groups excluding carboxylic acids is 1. The average Bonchev–Trinajstić information content (AvgIpc) is 3.11. The third-order valence-electron chi connectivity index (χ3n) is 4.05. The predicted molar refractivity (Wildman–Crippen MR) is 98.1 cm³/mol. The standard InChI is InChI=1S/C17H25N3O6S/c1-3-5-10-25-14-6-8-15(9-7-14)27(23,24)20-12-13(19-26-4-2)11-16(20)17(21)18-22/h6-9,16,22H,3-5,10-12H2,1-2H3,(H,18,21)/b19-13-/t16-/m1/s1. The van der Waals surface area contributed by atoms with Gasteiger partial charge in [-0.25, -0.2) is 13.9 Å². The van der Waals surface area contributed by atoms with Crippen molar-refractivity contribution in [1.82, 2.24) is 9.79 Å². The molecule has 27 heavy (non-hydrogen) atoms. The maximum atomic E-state index is 13.0. The molecule has 2 N–H and O–H groups in total. The zero-order chi connectivity index (χ0) is 19.9. The zero-order valence-corrected chi connectivity index (χ0v) is 16.2. The molecule has 0 radical (unpaired) electrons. The highest BCUT2D eigenvalue weighted by atomic mass is 32.2. The van der Waals surface area contributed by atoms with Crippen molar-refractivity contribution in [3.05, 3.63) is 24.3 Å². The van der Waals surface area contributed by atoms with Gasteiger partial charge >= 0.3 is 0 Å². The Morgan fingerprint density at radius 3 is 2.63 bits per heavy atom. The van der Waals surface area contributed by atoms with E-state index >= 15 is 0 Å². The number of oxime groups is 1. The fraction of sp³-hybridized carbons (Fsp3) is 0.529. The van der Waals surface area contributed by atoms with Crippen molar-refractivity contribution in [1.29, 1.82) is 0 Å². The summed E-state index contributed by atoms with van der Waals surface area (Å²) in [4.78, 5) is 16.9. The van der Waals surface area contributed by atoms with E-state index in [1.807, 2.05) is 0 Å². The number of nitrogens with zero attached hydrogens (tertiary/aromatic N) is 2. The van der Waals surface area contributed by atoms with Crippen molar-refractivity contribution in [3.8, 4) is 5.75 Å². The Balaban J connectivity index is 2.22. The first kappa shape index (κ1) is 21.1. The normalized spacial score (nSPS) is 19.2. The van der Waals surface area contributed by atoms with Crippen molar-refractivity contribution in [2.45, 2.75) is 44.0 Å². The first-order valence-corrected chi connectivity index (χ1v) is 10.2. The second kappa shape index (κ2) is 9.67. The lowest BCUT2D eigenvalue weighted by Crippen LogP contribution is -2.45. The smallest absolute Gasteiger partial charge is 0.262 e. The van der Waals surface area contributed by atoms with Crippen LogP contribution < -0.4 is 10.2 Å². The number of ether oxygens (including phenoxy) is 1. The minimum atomic E-state index is -3.97. The summed E-state index contributed by atoms with van der Waals surface area (Å²) >= 11 is 0. The minimum Gasteiger partial charge on any atom is -0.494 e. The van der Waals surface area contributed by atoms with Crippen LogP contribution in [0.4, 0.5) is 0 Å². The number of hydrogen-bond donors (Lipinski definition) is 2. The van der Waals surface area contributed by atoms with Gasteiger partial charge in [0.1, 0.15) is 18.4 Å². The maximum absolute atomic E-state index is 13.0. The van der Waals surface area contributed by atoms with Gasteiger partial charge in [0.2, 0.25) is 10.0 Å². The Kier molecular flexibility index (Phi) is 7.57. The first-order valence-electron chi connectivity index (χ1n) is 8.80. The van der Waals surface area contributed by atoms with Gasteiger partial charge in [-0.2, -0.15) is 4.31 Å². The van der Waals surface area contributed by atoms with E-state index in [9.17, 15) is 13.2 Å². The molecule has 0 unspecified atom stereocenters. The quantitative estimate of drug-likeness (QED) is 0.369. The monoisotopic (exact) mass is 399 g/mol. The van der Waals surface area contributed by atoms with Crippen LogP contribution in [0.3, 0.4) is 0 Å². The number of unbranched alkanes of at least 4 members (excludes halogenated alkanes) is 1. The maximum Gasteiger partial charge on any atom is 0.262 e. The molecule has 1 aromatic carbocycles. The van der Waals surface area contributed by atoms with Crippen LogP contribution in [0.5, 0.6) is 5.75 Å². The van der Waals surface area contributed by atoms with E-state index in [4.69, 9.17) is 14.8 Å². The Morgan fingerprint density at radius 2 is 2.04 bits per heavy atom. The highest BCUT2D eigenvalue weighted by Crippen LogP contribution is 2.26. The van der Waals surface area contributed by atoms with Crippen molar-refractivity contribution in [3.63, 3.8) is 0 Å². The highest BCUT2D eigenvalue weighted by molar-refractivity contribution is 7.89. The second-order valence-corrected chi connectivity index (χ2v) is 7.89. The van der Waals surface area contributed by atoms with E-state index in [0.29, 0.717) is 24.7 Å². The summed E-state index contributed by atoms with van der Waals surface area (Å²) in [5.41, 5.74) is 1.92. The van der Waals surface area contributed by atoms with E-state index in [1.54, 1.807) is 19.1 Å². The molecule has 1 heterocycles. The predicted octanol–water partition coefficient (Wildman–Crippen LogP) is 1.53. The van der Waals surface area contributed by atoms with Crippen LogP contribution in [0.1, 0.15) is 33.1 Å². The van der Waals surface area contributed by atoms with Gasteiger partial charge in [0.05, 0.1) is 23.8 Å². The number of nitrogens with one attached hydrogen (secondary N) is 1. The van der Waals surface area contributed by atoms with E-state index in [0.717, 1.165) is 17.1 Å². The van der Waals surface area contributed by atoms with Gasteiger partial charge in [-0.15, -0.1) is 0 Å². The number of hydrogen-bond acceptors (Lipinski definition) is 7. The molecule has 1 amide bonds. The van der Waals surface area contributed by atoms with E-state index in [1.165, 1.54) is 17.6 Å². The van der Waals surface area contributed by atoms with Crippen molar-refractivity contribution >= 4 is 21.6 Å². The van der Waals surface area contributed by atoms with Gasteiger partial charge in [0.25, 0.3) is 5.91 Å². The molecule has 9 nitrogen and oxygen atoms in total. The molecule has 1 aliphatic heterocycles. The largest absolute Gasteiger partial charge is 0.494 e. The molecule has 1 atom stereocenters. The van der Waals surface area contributed by atoms with Gasteiger partial charge in [0.15, 0.2) is 0 Å². The number of rotatable bonds is 9. The first-order chi connectivity index (χ1) is 12.9. The molecule has 0 aromatic heterocycles. The third kappa shape index (κ3) is 5.18. The van der Waals surface area contributed by atoms with E-state index < -0.39 is 22.0 Å². The topological polar surface area (TPSA) is 118 Å². The SMILES string of the molecule is CCCCOc1ccc(S(=O)(=O)N2C/C(=N\OCC)C[C@@H]2C(=O)NO)cc1. The average molecular weight is 399 g/mol. The molecule has 1 aromatic rings. The minimum absolute atomic E-state index is 0.0266. The number of amides is 1. The summed E-state index contributed by atoms with van der Waals surface area (Å²) in [5, 5.41) is 12.8. The molecule has 150 valence electrons. The fourth-order valence-electron chi connectivity index (χ4n) is 2.63. The van der Waals surface area contributed by atoms with Crippen LogP contribution >= 0.6 is 0 Å². The van der Waals surface area contributed by atoms with Gasteiger partial charge < -0.3 is 9.57 Å². The molecule has 0 aliphatic carbocycles. The molecule has 0 spiro atoms. The van der Waals surface area contributed by atoms with Crippen LogP contribution in [0.25, 0.3) is 0 Å². The van der Waals surface area contributed by atoms with Crippen LogP contribution in [-0.2, 0) is 19.7 Å². The molecule has 0 bridgehead atoms. The molecular weight excluding hydrogens is 374 g/mol. The number of sulfonamides is 1. The van der Waals surface area contributed by atoms with Crippen molar-refractivity contribution < 1.29 is 28.0 Å². The number of hydroxylamine groups is 1. The molecule has 2 rings (SSSR count). The summed E-state index contributed by atoms with van der Waals surface area (Å²) in [6, 6.07) is 4.92. The number of benzene rings is 1. The Bertz CT molecular complexity index is 763. The lowest BCUT2D eigenvalue weighted by atomic mass is 10.2. The molecule has 10 heteroatoms.